The third-order valence-corrected chi connectivity index (χ3v) is 11.7. The number of nitrogens with one attached hydrogen (secondary N) is 1. The predicted molar refractivity (Wildman–Crippen MR) is 158 cm³/mol. The maximum atomic E-state index is 13.0. The van der Waals surface area contributed by atoms with E-state index in [1.807, 2.05) is 30.3 Å². The summed E-state index contributed by atoms with van der Waals surface area (Å²) >= 11 is 0. The zero-order chi connectivity index (χ0) is 31.9. The van der Waals surface area contributed by atoms with Gasteiger partial charge in [-0.3, -0.25) is 4.79 Å². The number of alkyl carbamates (subject to hydrolysis) is 1. The van der Waals surface area contributed by atoms with E-state index in [0.29, 0.717) is 12.0 Å². The van der Waals surface area contributed by atoms with Gasteiger partial charge in [-0.1, -0.05) is 63.2 Å². The van der Waals surface area contributed by atoms with Gasteiger partial charge in [-0.05, 0) is 81.4 Å². The molecule has 0 saturated carbocycles. The summed E-state index contributed by atoms with van der Waals surface area (Å²) in [5, 5.41) is 13.0. The first-order valence-electron chi connectivity index (χ1n) is 13.9. The Bertz CT molecular complexity index is 1160. The van der Waals surface area contributed by atoms with Gasteiger partial charge in [0, 0.05) is 0 Å². The molecule has 0 heterocycles. The molecule has 3 unspecified atom stereocenters. The number of benzene rings is 2. The second kappa shape index (κ2) is 13.9. The number of carbonyl (C=O) groups excluding carboxylic acids is 1. The number of hydrogen-bond donors (Lipinski definition) is 2. The molecule has 0 aliphatic carbocycles. The molecule has 234 valence electrons. The molecule has 0 aromatic heterocycles. The van der Waals surface area contributed by atoms with Crippen molar-refractivity contribution in [3.63, 3.8) is 0 Å². The fourth-order valence-corrected chi connectivity index (χ4v) is 5.49. The minimum absolute atomic E-state index is 0.0451. The van der Waals surface area contributed by atoms with Gasteiger partial charge in [-0.2, -0.15) is 0 Å². The van der Waals surface area contributed by atoms with Crippen LogP contribution in [0.15, 0.2) is 54.6 Å². The number of carbonyl (C=O) groups is 2. The van der Waals surface area contributed by atoms with E-state index in [9.17, 15) is 27.9 Å². The van der Waals surface area contributed by atoms with Crippen LogP contribution in [0.2, 0.25) is 18.1 Å². The third-order valence-electron chi connectivity index (χ3n) is 7.21. The standard InChI is InChI=1S/C31H44F3NO6Si/c1-29(2,3)40-28(38)35-25(19-21-12-10-9-11-13-21)26(41-42(7,8)30(4,5)6)20-23(27(36)37)18-22-14-16-24(17-15-22)39-31(32,33)34/h9-17,23,25-26H,18-20H2,1-8H3,(H,35,38)(H,36,37). The van der Waals surface area contributed by atoms with Crippen LogP contribution in [-0.4, -0.2) is 49.6 Å². The van der Waals surface area contributed by atoms with Crippen molar-refractivity contribution in [3.05, 3.63) is 65.7 Å². The number of alkyl halides is 3. The van der Waals surface area contributed by atoms with E-state index in [1.54, 1.807) is 20.8 Å². The number of rotatable bonds is 12. The van der Waals surface area contributed by atoms with Crippen molar-refractivity contribution < 1.29 is 41.8 Å². The molecule has 0 aliphatic rings. The molecule has 3 atom stereocenters. The van der Waals surface area contributed by atoms with E-state index in [4.69, 9.17) is 9.16 Å². The maximum absolute atomic E-state index is 13.0. The fraction of sp³-hybridized carbons (Fsp3) is 0.548. The van der Waals surface area contributed by atoms with Gasteiger partial charge in [-0.25, -0.2) is 4.79 Å². The van der Waals surface area contributed by atoms with E-state index >= 15 is 0 Å². The molecule has 2 aromatic rings. The van der Waals surface area contributed by atoms with E-state index in [-0.39, 0.29) is 23.6 Å². The number of ether oxygens (including phenoxy) is 2. The molecule has 0 spiro atoms. The summed E-state index contributed by atoms with van der Waals surface area (Å²) in [6.07, 6.45) is -5.70. The first-order chi connectivity index (χ1) is 19.1. The average Bonchev–Trinajstić information content (AvgIpc) is 2.81. The Balaban J connectivity index is 2.45. The van der Waals surface area contributed by atoms with Crippen molar-refractivity contribution >= 4 is 20.4 Å². The van der Waals surface area contributed by atoms with Crippen LogP contribution < -0.4 is 10.1 Å². The molecule has 0 aliphatic heterocycles. The van der Waals surface area contributed by atoms with Crippen LogP contribution in [-0.2, 0) is 26.8 Å². The van der Waals surface area contributed by atoms with Gasteiger partial charge in [0.1, 0.15) is 11.4 Å². The molecular weight excluding hydrogens is 567 g/mol. The number of carboxylic acid groups (broad SMARTS) is 1. The van der Waals surface area contributed by atoms with E-state index in [0.717, 1.165) is 17.7 Å². The van der Waals surface area contributed by atoms with Gasteiger partial charge in [0.2, 0.25) is 0 Å². The first-order valence-corrected chi connectivity index (χ1v) is 16.8. The van der Waals surface area contributed by atoms with Crippen LogP contribution in [0.1, 0.15) is 59.1 Å². The van der Waals surface area contributed by atoms with Crippen LogP contribution in [0.4, 0.5) is 18.0 Å². The normalized spacial score (nSPS) is 14.9. The lowest BCUT2D eigenvalue weighted by atomic mass is 9.89. The van der Waals surface area contributed by atoms with Crippen LogP contribution in [0.3, 0.4) is 0 Å². The third kappa shape index (κ3) is 12.0. The Morgan fingerprint density at radius 2 is 1.43 bits per heavy atom. The summed E-state index contributed by atoms with van der Waals surface area (Å²) in [6, 6.07) is 14.0. The highest BCUT2D eigenvalue weighted by atomic mass is 28.4. The number of hydrogen-bond acceptors (Lipinski definition) is 5. The van der Waals surface area contributed by atoms with Crippen LogP contribution in [0, 0.1) is 5.92 Å². The first kappa shape index (κ1) is 35.1. The molecule has 0 saturated heterocycles. The summed E-state index contributed by atoms with van der Waals surface area (Å²) in [6.45, 7) is 15.6. The summed E-state index contributed by atoms with van der Waals surface area (Å²) < 4.78 is 54.1. The second-order valence-electron chi connectivity index (χ2n) is 13.0. The summed E-state index contributed by atoms with van der Waals surface area (Å²) in [5.74, 6) is -2.42. The Morgan fingerprint density at radius 1 is 0.881 bits per heavy atom. The van der Waals surface area contributed by atoms with Crippen LogP contribution in [0.5, 0.6) is 5.75 Å². The molecule has 2 aromatic carbocycles. The van der Waals surface area contributed by atoms with Gasteiger partial charge < -0.3 is 24.3 Å². The monoisotopic (exact) mass is 611 g/mol. The lowest BCUT2D eigenvalue weighted by Crippen LogP contribution is -2.54. The van der Waals surface area contributed by atoms with Gasteiger partial charge in [0.15, 0.2) is 8.32 Å². The molecule has 2 N–H and O–H groups in total. The summed E-state index contributed by atoms with van der Waals surface area (Å²) in [7, 11) is -2.48. The van der Waals surface area contributed by atoms with Crippen molar-refractivity contribution in [2.45, 2.75) is 103 Å². The molecular formula is C31H44F3NO6Si. The van der Waals surface area contributed by atoms with E-state index < -0.39 is 50.4 Å². The van der Waals surface area contributed by atoms with Gasteiger partial charge in [0.05, 0.1) is 18.1 Å². The molecule has 0 bridgehead atoms. The number of aliphatic carboxylic acids is 1. The molecule has 11 heteroatoms. The van der Waals surface area contributed by atoms with Gasteiger partial charge >= 0.3 is 18.4 Å². The minimum atomic E-state index is -4.83. The van der Waals surface area contributed by atoms with E-state index in [1.165, 1.54) is 12.1 Å². The predicted octanol–water partition coefficient (Wildman–Crippen LogP) is 7.75. The molecule has 0 fully saturated rings. The van der Waals surface area contributed by atoms with Crippen molar-refractivity contribution in [2.75, 3.05) is 0 Å². The smallest absolute Gasteiger partial charge is 0.481 e. The Morgan fingerprint density at radius 3 is 1.90 bits per heavy atom. The zero-order valence-corrected chi connectivity index (χ0v) is 26.7. The SMILES string of the molecule is CC(C)(C)OC(=O)NC(Cc1ccccc1)C(CC(Cc1ccc(OC(F)(F)F)cc1)C(=O)O)O[Si](C)(C)C(C)(C)C. The zero-order valence-electron chi connectivity index (χ0n) is 25.7. The van der Waals surface area contributed by atoms with Crippen LogP contribution >= 0.6 is 0 Å². The highest BCUT2D eigenvalue weighted by molar-refractivity contribution is 6.74. The van der Waals surface area contributed by atoms with Crippen LogP contribution in [0.25, 0.3) is 0 Å². The largest absolute Gasteiger partial charge is 0.573 e. The molecule has 1 amide bonds. The highest BCUT2D eigenvalue weighted by Crippen LogP contribution is 2.39. The Hall–Kier alpha value is -3.05. The lowest BCUT2D eigenvalue weighted by Gasteiger charge is -2.42. The average molecular weight is 612 g/mol. The molecule has 42 heavy (non-hydrogen) atoms. The summed E-state index contributed by atoms with van der Waals surface area (Å²) in [5.41, 5.74) is 0.709. The van der Waals surface area contributed by atoms with Gasteiger partial charge in [0.25, 0.3) is 0 Å². The Labute approximate surface area is 247 Å². The fourth-order valence-electron chi connectivity index (χ4n) is 4.12. The van der Waals surface area contributed by atoms with Crippen molar-refractivity contribution in [2.24, 2.45) is 5.92 Å². The second-order valence-corrected chi connectivity index (χ2v) is 17.8. The van der Waals surface area contributed by atoms with Gasteiger partial charge in [-0.15, -0.1) is 13.2 Å². The van der Waals surface area contributed by atoms with E-state index in [2.05, 4.69) is 43.9 Å². The molecule has 7 nitrogen and oxygen atoms in total. The Kier molecular flexibility index (Phi) is 11.7. The maximum Gasteiger partial charge on any atom is 0.573 e. The minimum Gasteiger partial charge on any atom is -0.481 e. The summed E-state index contributed by atoms with van der Waals surface area (Å²) in [4.78, 5) is 25.5. The molecule has 0 radical (unpaired) electrons. The van der Waals surface area contributed by atoms with Crippen molar-refractivity contribution in [1.29, 1.82) is 0 Å². The number of amides is 1. The van der Waals surface area contributed by atoms with Crippen molar-refractivity contribution in [1.82, 2.24) is 5.32 Å². The quantitative estimate of drug-likeness (QED) is 0.239. The van der Waals surface area contributed by atoms with Crippen molar-refractivity contribution in [3.8, 4) is 5.75 Å². The highest BCUT2D eigenvalue weighted by Gasteiger charge is 2.42. The number of halogens is 3. The topological polar surface area (TPSA) is 94.1 Å². The molecule has 2 rings (SSSR count). The lowest BCUT2D eigenvalue weighted by molar-refractivity contribution is -0.274. The number of carboxylic acids is 1.